The summed E-state index contributed by atoms with van der Waals surface area (Å²) in [5, 5.41) is 18.8. The Morgan fingerprint density at radius 2 is 1.85 bits per heavy atom. The third kappa shape index (κ3) is 7.44. The van der Waals surface area contributed by atoms with Crippen LogP contribution in [0, 0.1) is 13.8 Å². The Morgan fingerprint density at radius 3 is 2.54 bits per heavy atom. The predicted molar refractivity (Wildman–Crippen MR) is 146 cm³/mol. The van der Waals surface area contributed by atoms with E-state index in [0.717, 1.165) is 16.9 Å². The van der Waals surface area contributed by atoms with Crippen LogP contribution in [0.1, 0.15) is 52.1 Å². The monoisotopic (exact) mass is 566 g/mol. The average Bonchev–Trinajstić information content (AvgIpc) is 3.29. The average molecular weight is 567 g/mol. The van der Waals surface area contributed by atoms with Gasteiger partial charge >= 0.3 is 18.0 Å². The Balaban J connectivity index is 1.82. The van der Waals surface area contributed by atoms with E-state index in [-0.39, 0.29) is 18.0 Å². The maximum absolute atomic E-state index is 13.3. The number of anilines is 2. The van der Waals surface area contributed by atoms with Gasteiger partial charge in [-0.05, 0) is 50.5 Å². The molecule has 0 radical (unpaired) electrons. The molecule has 0 aliphatic rings. The third-order valence-electron chi connectivity index (χ3n) is 5.87. The van der Waals surface area contributed by atoms with Crippen molar-refractivity contribution < 1.29 is 38.6 Å². The van der Waals surface area contributed by atoms with Crippen molar-refractivity contribution in [3.63, 3.8) is 0 Å². The van der Waals surface area contributed by atoms with Gasteiger partial charge in [0.25, 0.3) is 11.8 Å². The summed E-state index contributed by atoms with van der Waals surface area (Å²) in [5.74, 6) is -2.90. The SMILES string of the molecule is CCCNC(=O)c1ccc(C)c(Nc2ncnn3cc(C(=O)N(CC)C(=O)OCOC(=O)/C=C/C(=O)O)c(C)c23)c1. The Hall–Kier alpha value is -5.27. The van der Waals surface area contributed by atoms with Crippen molar-refractivity contribution >= 4 is 46.9 Å². The van der Waals surface area contributed by atoms with Crippen molar-refractivity contribution in [2.24, 2.45) is 0 Å². The van der Waals surface area contributed by atoms with Gasteiger partial charge in [-0.2, -0.15) is 5.10 Å². The van der Waals surface area contributed by atoms with E-state index in [1.54, 1.807) is 26.0 Å². The first-order chi connectivity index (χ1) is 19.6. The normalized spacial score (nSPS) is 10.8. The lowest BCUT2D eigenvalue weighted by Gasteiger charge is -2.18. The number of nitrogens with zero attached hydrogens (tertiary/aromatic N) is 4. The number of esters is 1. The highest BCUT2D eigenvalue weighted by atomic mass is 16.7. The van der Waals surface area contributed by atoms with Crippen LogP contribution in [0.2, 0.25) is 0 Å². The number of aromatic nitrogens is 3. The second-order valence-electron chi connectivity index (χ2n) is 8.69. The zero-order chi connectivity index (χ0) is 30.1. The number of nitrogens with one attached hydrogen (secondary N) is 2. The number of benzene rings is 1. The molecule has 216 valence electrons. The minimum absolute atomic E-state index is 0.0565. The molecule has 3 N–H and O–H groups in total. The summed E-state index contributed by atoms with van der Waals surface area (Å²) in [6, 6.07) is 5.25. The Kier molecular flexibility index (Phi) is 10.1. The number of aryl methyl sites for hydroxylation is 2. The summed E-state index contributed by atoms with van der Waals surface area (Å²) < 4.78 is 10.9. The van der Waals surface area contributed by atoms with Crippen LogP contribution >= 0.6 is 0 Å². The largest absolute Gasteiger partial charge is 0.478 e. The topological polar surface area (TPSA) is 182 Å². The molecule has 3 aromatic rings. The lowest BCUT2D eigenvalue weighted by Crippen LogP contribution is -2.37. The molecule has 1 aromatic carbocycles. The quantitative estimate of drug-likeness (QED) is 0.176. The molecule has 0 atom stereocenters. The first-order valence-electron chi connectivity index (χ1n) is 12.6. The summed E-state index contributed by atoms with van der Waals surface area (Å²) in [4.78, 5) is 65.4. The fourth-order valence-corrected chi connectivity index (χ4v) is 3.74. The number of hydrogen-bond donors (Lipinski definition) is 3. The Morgan fingerprint density at radius 1 is 1.10 bits per heavy atom. The number of fused-ring (bicyclic) bond motifs is 1. The van der Waals surface area contributed by atoms with Crippen LogP contribution in [-0.4, -0.2) is 74.3 Å². The zero-order valence-corrected chi connectivity index (χ0v) is 23.0. The molecule has 0 fully saturated rings. The second-order valence-corrected chi connectivity index (χ2v) is 8.69. The molecule has 3 amide bonds. The van der Waals surface area contributed by atoms with E-state index in [0.29, 0.717) is 46.8 Å². The van der Waals surface area contributed by atoms with E-state index in [1.165, 1.54) is 17.0 Å². The Bertz CT molecular complexity index is 1510. The number of ether oxygens (including phenoxy) is 2. The highest BCUT2D eigenvalue weighted by molar-refractivity contribution is 6.05. The number of amides is 3. The second kappa shape index (κ2) is 13.7. The van der Waals surface area contributed by atoms with E-state index in [4.69, 9.17) is 9.84 Å². The first-order valence-corrected chi connectivity index (χ1v) is 12.6. The highest BCUT2D eigenvalue weighted by Crippen LogP contribution is 2.28. The van der Waals surface area contributed by atoms with E-state index < -0.39 is 30.7 Å². The molecule has 2 aromatic heterocycles. The van der Waals surface area contributed by atoms with E-state index >= 15 is 0 Å². The van der Waals surface area contributed by atoms with Crippen molar-refractivity contribution in [3.8, 4) is 0 Å². The van der Waals surface area contributed by atoms with Gasteiger partial charge < -0.3 is 25.2 Å². The number of carboxylic acids is 1. The van der Waals surface area contributed by atoms with Gasteiger partial charge in [-0.1, -0.05) is 13.0 Å². The first kappa shape index (κ1) is 30.3. The van der Waals surface area contributed by atoms with Crippen molar-refractivity contribution in [2.75, 3.05) is 25.2 Å². The molecule has 0 aliphatic carbocycles. The van der Waals surface area contributed by atoms with Gasteiger partial charge in [0.1, 0.15) is 11.8 Å². The van der Waals surface area contributed by atoms with Crippen LogP contribution < -0.4 is 10.6 Å². The maximum atomic E-state index is 13.3. The van der Waals surface area contributed by atoms with Crippen LogP contribution in [0.3, 0.4) is 0 Å². The zero-order valence-electron chi connectivity index (χ0n) is 23.0. The van der Waals surface area contributed by atoms with Crippen LogP contribution in [0.25, 0.3) is 5.52 Å². The number of hydrogen-bond acceptors (Lipinski definition) is 10. The number of imide groups is 1. The van der Waals surface area contributed by atoms with E-state index in [1.807, 2.05) is 19.9 Å². The molecule has 0 bridgehead atoms. The van der Waals surface area contributed by atoms with E-state index in [9.17, 15) is 24.0 Å². The lowest BCUT2D eigenvalue weighted by atomic mass is 10.1. The molecular weight excluding hydrogens is 536 g/mol. The van der Waals surface area contributed by atoms with Crippen molar-refractivity contribution in [3.05, 3.63) is 65.1 Å². The third-order valence-corrected chi connectivity index (χ3v) is 5.87. The highest BCUT2D eigenvalue weighted by Gasteiger charge is 2.27. The van der Waals surface area contributed by atoms with Crippen LogP contribution in [0.4, 0.5) is 16.3 Å². The molecule has 14 nitrogen and oxygen atoms in total. The fraction of sp³-hybridized carbons (Fsp3) is 0.296. The maximum Gasteiger partial charge on any atom is 0.419 e. The summed E-state index contributed by atoms with van der Waals surface area (Å²) >= 11 is 0. The molecular formula is C27H30N6O8. The standard InChI is InChI=1S/C27H30N6O8/c1-5-11-28-25(37)18-8-7-16(3)20(12-18)31-24-23-17(4)19(13-33(23)30-14-29-24)26(38)32(6-2)27(39)41-15-40-22(36)10-9-21(34)35/h7-10,12-14H,5-6,11,15H2,1-4H3,(H,28,37)(H,34,35)(H,29,30,31)/b10-9+. The molecule has 0 unspecified atom stereocenters. The summed E-state index contributed by atoms with van der Waals surface area (Å²) in [5.41, 5.74) is 3.06. The Labute approximate surface area is 234 Å². The van der Waals surface area contributed by atoms with Gasteiger partial charge in [-0.25, -0.2) is 28.8 Å². The number of carbonyl (C=O) groups excluding carboxylic acids is 4. The minimum atomic E-state index is -1.35. The van der Waals surface area contributed by atoms with Gasteiger partial charge in [0.15, 0.2) is 5.82 Å². The number of carboxylic acid groups (broad SMARTS) is 1. The van der Waals surface area contributed by atoms with Crippen molar-refractivity contribution in [1.29, 1.82) is 0 Å². The molecule has 2 heterocycles. The van der Waals surface area contributed by atoms with E-state index in [2.05, 4.69) is 25.5 Å². The summed E-state index contributed by atoms with van der Waals surface area (Å²) in [6.45, 7) is 6.75. The summed E-state index contributed by atoms with van der Waals surface area (Å²) in [7, 11) is 0. The van der Waals surface area contributed by atoms with Gasteiger partial charge in [0, 0.05) is 42.7 Å². The van der Waals surface area contributed by atoms with Gasteiger partial charge in [-0.3, -0.25) is 9.59 Å². The molecule has 0 aliphatic heterocycles. The minimum Gasteiger partial charge on any atom is -0.478 e. The lowest BCUT2D eigenvalue weighted by molar-refractivity contribution is -0.146. The van der Waals surface area contributed by atoms with Crippen molar-refractivity contribution in [1.82, 2.24) is 24.8 Å². The number of rotatable bonds is 11. The number of carbonyl (C=O) groups is 5. The van der Waals surface area contributed by atoms with Crippen molar-refractivity contribution in [2.45, 2.75) is 34.1 Å². The smallest absolute Gasteiger partial charge is 0.419 e. The molecule has 0 saturated carbocycles. The van der Waals surface area contributed by atoms with Crippen LogP contribution in [0.5, 0.6) is 0 Å². The molecule has 3 rings (SSSR count). The van der Waals surface area contributed by atoms with Gasteiger partial charge in [0.2, 0.25) is 6.79 Å². The molecule has 14 heteroatoms. The molecule has 0 spiro atoms. The predicted octanol–water partition coefficient (Wildman–Crippen LogP) is 2.97. The fourth-order valence-electron chi connectivity index (χ4n) is 3.74. The van der Waals surface area contributed by atoms with Gasteiger partial charge in [0.05, 0.1) is 5.56 Å². The number of aliphatic carboxylic acids is 1. The molecule has 41 heavy (non-hydrogen) atoms. The van der Waals surface area contributed by atoms with Crippen LogP contribution in [0.15, 0.2) is 42.9 Å². The van der Waals surface area contributed by atoms with Gasteiger partial charge in [-0.15, -0.1) is 0 Å². The van der Waals surface area contributed by atoms with Crippen LogP contribution in [-0.2, 0) is 19.1 Å². The summed E-state index contributed by atoms with van der Waals surface area (Å²) in [6.07, 6.45) is 3.72. The molecule has 0 saturated heterocycles.